The van der Waals surface area contributed by atoms with Crippen LogP contribution in [0, 0.1) is 0 Å². The molecule has 2 atom stereocenters. The second-order valence-corrected chi connectivity index (χ2v) is 8.20. The van der Waals surface area contributed by atoms with E-state index in [-0.39, 0.29) is 12.0 Å². The molecule has 0 aromatic carbocycles. The number of rotatable bonds is 5. The SMILES string of the molecule is O=C(Nc1nc(C2CCOCC2)cs1)[C@@H]1CC[C@H](Cn2ccnc2)O1.O=C(O)C(F)(F)F. The van der Waals surface area contributed by atoms with E-state index in [1.807, 2.05) is 16.1 Å². The molecule has 2 saturated heterocycles. The van der Waals surface area contributed by atoms with Gasteiger partial charge in [-0.3, -0.25) is 10.1 Å². The van der Waals surface area contributed by atoms with Crippen LogP contribution in [0.3, 0.4) is 0 Å². The number of carbonyl (C=O) groups excluding carboxylic acids is 1. The Kier molecular flexibility index (Phi) is 8.21. The number of amides is 1. The van der Waals surface area contributed by atoms with Gasteiger partial charge in [-0.15, -0.1) is 11.3 Å². The molecule has 0 spiro atoms. The van der Waals surface area contributed by atoms with Crippen molar-refractivity contribution in [2.24, 2.45) is 0 Å². The van der Waals surface area contributed by atoms with Gasteiger partial charge in [0, 0.05) is 43.5 Å². The van der Waals surface area contributed by atoms with E-state index in [1.165, 1.54) is 11.3 Å². The highest BCUT2D eigenvalue weighted by atomic mass is 32.1. The maximum Gasteiger partial charge on any atom is 0.490 e. The highest BCUT2D eigenvalue weighted by Gasteiger charge is 2.38. The lowest BCUT2D eigenvalue weighted by Gasteiger charge is -2.19. The monoisotopic (exact) mass is 476 g/mol. The molecule has 2 aromatic heterocycles. The molecule has 4 heterocycles. The molecule has 2 aliphatic heterocycles. The molecule has 0 saturated carbocycles. The molecular formula is C19H23F3N4O5S. The number of hydrogen-bond donors (Lipinski definition) is 2. The summed E-state index contributed by atoms with van der Waals surface area (Å²) in [4.78, 5) is 30.0. The Bertz CT molecular complexity index is 884. The zero-order valence-corrected chi connectivity index (χ0v) is 17.8. The van der Waals surface area contributed by atoms with Crippen LogP contribution in [0.5, 0.6) is 0 Å². The first-order valence-electron chi connectivity index (χ1n) is 9.97. The normalized spacial score (nSPS) is 21.6. The third-order valence-corrected chi connectivity index (χ3v) is 5.78. The molecule has 2 fully saturated rings. The third kappa shape index (κ3) is 7.00. The van der Waals surface area contributed by atoms with Gasteiger partial charge in [0.25, 0.3) is 5.91 Å². The zero-order valence-electron chi connectivity index (χ0n) is 17.0. The summed E-state index contributed by atoms with van der Waals surface area (Å²) in [5, 5.41) is 12.7. The van der Waals surface area contributed by atoms with Crippen LogP contribution in [0.4, 0.5) is 18.3 Å². The standard InChI is InChI=1S/C17H22N4O3S.C2HF3O2/c22-16(15-2-1-13(24-15)9-21-6-5-18-11-21)20-17-19-14(10-25-17)12-3-7-23-8-4-12;3-2(4,5)1(6)7/h5-6,10-13,15H,1-4,7-9H2,(H,19,20,22);(H,6,7)/t13-,15+;/m1./s1. The quantitative estimate of drug-likeness (QED) is 0.682. The number of imidazole rings is 1. The fourth-order valence-corrected chi connectivity index (χ4v) is 4.17. The number of ether oxygens (including phenoxy) is 2. The largest absolute Gasteiger partial charge is 0.490 e. The second-order valence-electron chi connectivity index (χ2n) is 7.34. The zero-order chi connectivity index (χ0) is 23.1. The molecule has 9 nitrogen and oxygen atoms in total. The molecule has 1 amide bonds. The van der Waals surface area contributed by atoms with E-state index in [4.69, 9.17) is 19.4 Å². The van der Waals surface area contributed by atoms with E-state index in [9.17, 15) is 18.0 Å². The van der Waals surface area contributed by atoms with Crippen LogP contribution in [0.15, 0.2) is 24.1 Å². The summed E-state index contributed by atoms with van der Waals surface area (Å²) in [6.07, 6.45) is 3.61. The van der Waals surface area contributed by atoms with Crippen molar-refractivity contribution in [2.45, 2.75) is 56.5 Å². The topological polar surface area (TPSA) is 116 Å². The number of nitrogens with one attached hydrogen (secondary N) is 1. The number of nitrogens with zero attached hydrogens (tertiary/aromatic N) is 3. The van der Waals surface area contributed by atoms with Gasteiger partial charge in [0.05, 0.1) is 18.1 Å². The van der Waals surface area contributed by atoms with E-state index in [0.717, 1.165) is 51.1 Å². The fraction of sp³-hybridized carbons (Fsp3) is 0.579. The van der Waals surface area contributed by atoms with E-state index in [0.29, 0.717) is 11.0 Å². The minimum atomic E-state index is -5.08. The van der Waals surface area contributed by atoms with Crippen molar-refractivity contribution >= 4 is 28.3 Å². The first-order chi connectivity index (χ1) is 15.2. The number of alkyl halides is 3. The number of carboxylic acids is 1. The van der Waals surface area contributed by atoms with Crippen molar-refractivity contribution in [3.63, 3.8) is 0 Å². The van der Waals surface area contributed by atoms with E-state index >= 15 is 0 Å². The number of hydrogen-bond acceptors (Lipinski definition) is 7. The molecule has 4 rings (SSSR count). The Morgan fingerprint density at radius 1 is 1.25 bits per heavy atom. The van der Waals surface area contributed by atoms with Gasteiger partial charge >= 0.3 is 12.1 Å². The first kappa shape index (κ1) is 24.1. The predicted molar refractivity (Wildman–Crippen MR) is 107 cm³/mol. The molecule has 2 N–H and O–H groups in total. The lowest BCUT2D eigenvalue weighted by atomic mass is 9.98. The molecule has 2 aromatic rings. The van der Waals surface area contributed by atoms with Gasteiger partial charge in [0.15, 0.2) is 5.13 Å². The highest BCUT2D eigenvalue weighted by molar-refractivity contribution is 7.13. The van der Waals surface area contributed by atoms with Crippen LogP contribution in [0.1, 0.15) is 37.3 Å². The molecule has 0 aliphatic carbocycles. The average Bonchev–Trinajstić information content (AvgIpc) is 3.51. The number of carbonyl (C=O) groups is 2. The molecule has 13 heteroatoms. The second kappa shape index (κ2) is 10.9. The van der Waals surface area contributed by atoms with Crippen molar-refractivity contribution in [2.75, 3.05) is 18.5 Å². The maximum atomic E-state index is 12.4. The van der Waals surface area contributed by atoms with Crippen molar-refractivity contribution in [1.82, 2.24) is 14.5 Å². The Balaban J connectivity index is 0.000000360. The molecule has 0 radical (unpaired) electrons. The van der Waals surface area contributed by atoms with Gasteiger partial charge in [-0.2, -0.15) is 13.2 Å². The van der Waals surface area contributed by atoms with Crippen LogP contribution >= 0.6 is 11.3 Å². The van der Waals surface area contributed by atoms with Crippen LogP contribution in [-0.2, 0) is 25.6 Å². The van der Waals surface area contributed by atoms with Crippen molar-refractivity contribution in [3.8, 4) is 0 Å². The summed E-state index contributed by atoms with van der Waals surface area (Å²) in [5.41, 5.74) is 1.06. The smallest absolute Gasteiger partial charge is 0.475 e. The van der Waals surface area contributed by atoms with Crippen molar-refractivity contribution < 1.29 is 37.3 Å². The van der Waals surface area contributed by atoms with Crippen molar-refractivity contribution in [3.05, 3.63) is 29.8 Å². The Morgan fingerprint density at radius 3 is 2.59 bits per heavy atom. The third-order valence-electron chi connectivity index (χ3n) is 5.01. The highest BCUT2D eigenvalue weighted by Crippen LogP contribution is 2.30. The minimum absolute atomic E-state index is 0.0547. The molecule has 32 heavy (non-hydrogen) atoms. The molecular weight excluding hydrogens is 453 g/mol. The Morgan fingerprint density at radius 2 is 1.97 bits per heavy atom. The average molecular weight is 476 g/mol. The Labute approximate surface area is 185 Å². The van der Waals surface area contributed by atoms with Gasteiger partial charge in [0.1, 0.15) is 6.10 Å². The Hall–Kier alpha value is -2.51. The van der Waals surface area contributed by atoms with Crippen LogP contribution in [-0.4, -0.2) is 63.1 Å². The number of halogens is 3. The number of aliphatic carboxylic acids is 1. The van der Waals surface area contributed by atoms with Gasteiger partial charge in [0.2, 0.25) is 0 Å². The molecule has 176 valence electrons. The molecule has 2 aliphatic rings. The van der Waals surface area contributed by atoms with Gasteiger partial charge in [-0.1, -0.05) is 0 Å². The summed E-state index contributed by atoms with van der Waals surface area (Å²) >= 11 is 1.48. The summed E-state index contributed by atoms with van der Waals surface area (Å²) in [6.45, 7) is 2.31. The van der Waals surface area contributed by atoms with E-state index < -0.39 is 18.2 Å². The van der Waals surface area contributed by atoms with Crippen molar-refractivity contribution in [1.29, 1.82) is 0 Å². The molecule has 0 unspecified atom stereocenters. The van der Waals surface area contributed by atoms with Gasteiger partial charge in [-0.05, 0) is 25.7 Å². The van der Waals surface area contributed by atoms with E-state index in [2.05, 4.69) is 15.3 Å². The van der Waals surface area contributed by atoms with Crippen LogP contribution in [0.2, 0.25) is 0 Å². The van der Waals surface area contributed by atoms with Crippen LogP contribution < -0.4 is 5.32 Å². The summed E-state index contributed by atoms with van der Waals surface area (Å²) in [5.74, 6) is -2.41. The first-order valence-corrected chi connectivity index (χ1v) is 10.9. The maximum absolute atomic E-state index is 12.4. The lowest BCUT2D eigenvalue weighted by Crippen LogP contribution is -2.28. The minimum Gasteiger partial charge on any atom is -0.475 e. The predicted octanol–water partition coefficient (Wildman–Crippen LogP) is 3.05. The summed E-state index contributed by atoms with van der Waals surface area (Å²) in [6, 6.07) is 0. The van der Waals surface area contributed by atoms with E-state index in [1.54, 1.807) is 12.5 Å². The summed E-state index contributed by atoms with van der Waals surface area (Å²) < 4.78 is 45.0. The van der Waals surface area contributed by atoms with Gasteiger partial charge < -0.3 is 19.1 Å². The van der Waals surface area contributed by atoms with Crippen LogP contribution in [0.25, 0.3) is 0 Å². The summed E-state index contributed by atoms with van der Waals surface area (Å²) in [7, 11) is 0. The number of carboxylic acid groups (broad SMARTS) is 1. The number of thiazole rings is 1. The fourth-order valence-electron chi connectivity index (χ4n) is 3.37. The number of aromatic nitrogens is 3. The van der Waals surface area contributed by atoms with Gasteiger partial charge in [-0.25, -0.2) is 14.8 Å². The molecule has 0 bridgehead atoms. The number of anilines is 1. The lowest BCUT2D eigenvalue weighted by molar-refractivity contribution is -0.192.